The van der Waals surface area contributed by atoms with Crippen molar-refractivity contribution in [1.82, 2.24) is 4.90 Å². The van der Waals surface area contributed by atoms with Crippen molar-refractivity contribution in [2.45, 2.75) is 18.9 Å². The number of ether oxygens (including phenoxy) is 1. The smallest absolute Gasteiger partial charge is 0.326 e. The van der Waals surface area contributed by atoms with Gasteiger partial charge in [-0.3, -0.25) is 14.4 Å². The van der Waals surface area contributed by atoms with E-state index in [0.29, 0.717) is 12.8 Å². The molecule has 1 aliphatic rings. The van der Waals surface area contributed by atoms with Crippen LogP contribution < -0.4 is 20.9 Å². The monoisotopic (exact) mass is 362 g/mol. The van der Waals surface area contributed by atoms with Gasteiger partial charge in [0, 0.05) is 6.54 Å². The van der Waals surface area contributed by atoms with Crippen molar-refractivity contribution in [3.8, 4) is 5.75 Å². The second-order valence-corrected chi connectivity index (χ2v) is 5.85. The number of carbonyl (C=O) groups is 2. The Bertz CT molecular complexity index is 963. The van der Waals surface area contributed by atoms with Crippen LogP contribution in [-0.4, -0.2) is 41.6 Å². The van der Waals surface area contributed by atoms with E-state index in [1.54, 1.807) is 0 Å². The number of halogens is 1. The fourth-order valence-corrected chi connectivity index (χ4v) is 3.03. The summed E-state index contributed by atoms with van der Waals surface area (Å²) in [5.41, 5.74) is -2.36. The molecule has 1 saturated heterocycles. The van der Waals surface area contributed by atoms with Crippen molar-refractivity contribution in [1.29, 1.82) is 0 Å². The quantitative estimate of drug-likeness (QED) is 0.759. The third-order valence-electron chi connectivity index (χ3n) is 4.36. The molecule has 1 aliphatic heterocycles. The van der Waals surface area contributed by atoms with Gasteiger partial charge in [0.25, 0.3) is 16.8 Å². The number of aliphatic carboxylic acids is 1. The molecule has 1 amide bonds. The summed E-state index contributed by atoms with van der Waals surface area (Å²) in [5.74, 6) is -3.03. The van der Waals surface area contributed by atoms with Crippen LogP contribution in [0.3, 0.4) is 0 Å². The van der Waals surface area contributed by atoms with Gasteiger partial charge in [-0.1, -0.05) is 6.07 Å². The number of nitrogens with zero attached hydrogens (tertiary/aromatic N) is 1. The Labute approximate surface area is 146 Å². The zero-order chi connectivity index (χ0) is 19.0. The number of likely N-dealkylation sites (tertiary alicyclic amines) is 1. The Morgan fingerprint density at radius 3 is 2.69 bits per heavy atom. The molecule has 0 aromatic heterocycles. The molecule has 0 bridgehead atoms. The molecule has 9 heteroatoms. The molecule has 2 aromatic rings. The average molecular weight is 362 g/mol. The van der Waals surface area contributed by atoms with E-state index in [1.807, 2.05) is 0 Å². The topological polar surface area (TPSA) is 113 Å². The predicted octanol–water partition coefficient (Wildman–Crippen LogP) is 0.863. The summed E-state index contributed by atoms with van der Waals surface area (Å²) in [6.07, 6.45) is 0.824. The minimum absolute atomic E-state index is 0.188. The minimum Gasteiger partial charge on any atom is -0.491 e. The van der Waals surface area contributed by atoms with Crippen molar-refractivity contribution < 1.29 is 23.8 Å². The summed E-state index contributed by atoms with van der Waals surface area (Å²) in [4.78, 5) is 47.9. The zero-order valence-electron chi connectivity index (χ0n) is 13.7. The maximum atomic E-state index is 14.8. The maximum absolute atomic E-state index is 14.8. The summed E-state index contributed by atoms with van der Waals surface area (Å²) >= 11 is 0. The Balaban J connectivity index is 1.91. The lowest BCUT2D eigenvalue weighted by Crippen LogP contribution is -2.40. The van der Waals surface area contributed by atoms with E-state index in [9.17, 15) is 28.7 Å². The number of methoxy groups -OCH3 is 1. The van der Waals surface area contributed by atoms with Crippen LogP contribution in [0.4, 0.5) is 15.8 Å². The SMILES string of the molecule is COc1c(Nc2cccc(C(=O)N3CCC[C@H]3C(=O)O)c2F)c(=O)c1=O. The number of carboxylic acid groups (broad SMARTS) is 1. The highest BCUT2D eigenvalue weighted by atomic mass is 19.1. The van der Waals surface area contributed by atoms with E-state index in [2.05, 4.69) is 5.32 Å². The highest BCUT2D eigenvalue weighted by molar-refractivity contribution is 5.98. The van der Waals surface area contributed by atoms with Gasteiger partial charge in [0.05, 0.1) is 18.4 Å². The highest BCUT2D eigenvalue weighted by Gasteiger charge is 2.35. The molecule has 26 heavy (non-hydrogen) atoms. The molecule has 2 N–H and O–H groups in total. The first-order valence-electron chi connectivity index (χ1n) is 7.83. The number of anilines is 2. The van der Waals surface area contributed by atoms with E-state index >= 15 is 0 Å². The van der Waals surface area contributed by atoms with Gasteiger partial charge in [0.15, 0.2) is 11.6 Å². The predicted molar refractivity (Wildman–Crippen MR) is 89.3 cm³/mol. The molecular formula is C17H15FN2O6. The van der Waals surface area contributed by atoms with Crippen molar-refractivity contribution in [3.63, 3.8) is 0 Å². The Morgan fingerprint density at radius 1 is 1.31 bits per heavy atom. The number of benzene rings is 1. The summed E-state index contributed by atoms with van der Waals surface area (Å²) < 4.78 is 19.5. The normalized spacial score (nSPS) is 16.7. The van der Waals surface area contributed by atoms with Gasteiger partial charge in [-0.05, 0) is 25.0 Å². The molecule has 2 aromatic carbocycles. The van der Waals surface area contributed by atoms with Gasteiger partial charge in [0.1, 0.15) is 11.7 Å². The molecule has 0 saturated carbocycles. The zero-order valence-corrected chi connectivity index (χ0v) is 13.7. The lowest BCUT2D eigenvalue weighted by atomic mass is 10.1. The fraction of sp³-hybridized carbons (Fsp3) is 0.294. The van der Waals surface area contributed by atoms with Crippen LogP contribution in [0, 0.1) is 5.82 Å². The molecule has 0 unspecified atom stereocenters. The third-order valence-corrected chi connectivity index (χ3v) is 4.36. The number of hydrogen-bond acceptors (Lipinski definition) is 6. The van der Waals surface area contributed by atoms with Crippen LogP contribution in [0.25, 0.3) is 0 Å². The molecule has 1 fully saturated rings. The van der Waals surface area contributed by atoms with Gasteiger partial charge in [-0.15, -0.1) is 0 Å². The molecule has 136 valence electrons. The Kier molecular flexibility index (Phi) is 4.45. The van der Waals surface area contributed by atoms with Crippen LogP contribution in [0.15, 0.2) is 27.8 Å². The third kappa shape index (κ3) is 2.71. The van der Waals surface area contributed by atoms with Crippen molar-refractivity contribution in [3.05, 3.63) is 50.0 Å². The lowest BCUT2D eigenvalue weighted by molar-refractivity contribution is -0.141. The summed E-state index contributed by atoms with van der Waals surface area (Å²) in [7, 11) is 1.21. The van der Waals surface area contributed by atoms with E-state index in [1.165, 1.54) is 25.3 Å². The Hall–Kier alpha value is -3.23. The van der Waals surface area contributed by atoms with Crippen LogP contribution in [-0.2, 0) is 4.79 Å². The second-order valence-electron chi connectivity index (χ2n) is 5.85. The van der Waals surface area contributed by atoms with Crippen LogP contribution >= 0.6 is 0 Å². The van der Waals surface area contributed by atoms with Crippen LogP contribution in [0.5, 0.6) is 5.75 Å². The largest absolute Gasteiger partial charge is 0.491 e. The van der Waals surface area contributed by atoms with Crippen LogP contribution in [0.2, 0.25) is 0 Å². The first-order chi connectivity index (χ1) is 12.4. The van der Waals surface area contributed by atoms with Crippen molar-refractivity contribution >= 4 is 23.3 Å². The lowest BCUT2D eigenvalue weighted by Gasteiger charge is -2.22. The number of hydrogen-bond donors (Lipinski definition) is 2. The highest BCUT2D eigenvalue weighted by Crippen LogP contribution is 2.28. The standard InChI is InChI=1S/C17H15FN2O6/c1-26-15-12(13(21)14(15)22)19-9-5-2-4-8(11(9)18)16(23)20-7-3-6-10(20)17(24)25/h2,4-5,10,19H,3,6-7H2,1H3,(H,24,25)/t10-/m0/s1. The molecular weight excluding hydrogens is 347 g/mol. The van der Waals surface area contributed by atoms with E-state index in [4.69, 9.17) is 4.74 Å². The first-order valence-corrected chi connectivity index (χ1v) is 7.83. The van der Waals surface area contributed by atoms with Gasteiger partial charge in [-0.2, -0.15) is 0 Å². The van der Waals surface area contributed by atoms with Gasteiger partial charge in [-0.25, -0.2) is 9.18 Å². The molecule has 1 heterocycles. The molecule has 0 radical (unpaired) electrons. The molecule has 1 atom stereocenters. The van der Waals surface area contributed by atoms with E-state index < -0.39 is 34.6 Å². The number of rotatable bonds is 5. The van der Waals surface area contributed by atoms with E-state index in [-0.39, 0.29) is 29.2 Å². The number of carbonyl (C=O) groups excluding carboxylic acids is 1. The molecule has 8 nitrogen and oxygen atoms in total. The van der Waals surface area contributed by atoms with Crippen LogP contribution in [0.1, 0.15) is 23.2 Å². The van der Waals surface area contributed by atoms with Crippen molar-refractivity contribution in [2.24, 2.45) is 0 Å². The van der Waals surface area contributed by atoms with Gasteiger partial charge in [0.2, 0.25) is 0 Å². The number of nitrogens with one attached hydrogen (secondary N) is 1. The van der Waals surface area contributed by atoms with Crippen molar-refractivity contribution in [2.75, 3.05) is 19.0 Å². The maximum Gasteiger partial charge on any atom is 0.326 e. The average Bonchev–Trinajstić information content (AvgIpc) is 3.12. The second kappa shape index (κ2) is 6.58. The van der Waals surface area contributed by atoms with Gasteiger partial charge >= 0.3 is 5.97 Å². The van der Waals surface area contributed by atoms with Gasteiger partial charge < -0.3 is 20.1 Å². The summed E-state index contributed by atoms with van der Waals surface area (Å²) in [5, 5.41) is 11.7. The first kappa shape index (κ1) is 17.6. The molecule has 0 spiro atoms. The summed E-state index contributed by atoms with van der Waals surface area (Å²) in [6, 6.07) is 2.93. The Morgan fingerprint density at radius 2 is 2.04 bits per heavy atom. The van der Waals surface area contributed by atoms with E-state index in [0.717, 1.165) is 4.90 Å². The molecule has 3 rings (SSSR count). The number of amides is 1. The molecule has 0 aliphatic carbocycles. The minimum atomic E-state index is -1.14. The number of carboxylic acids is 1. The fourth-order valence-electron chi connectivity index (χ4n) is 3.03. The summed E-state index contributed by atoms with van der Waals surface area (Å²) in [6.45, 7) is 0.221.